The molecule has 2 N–H and O–H groups in total. The van der Waals surface area contributed by atoms with Crippen LogP contribution >= 0.6 is 0 Å². The summed E-state index contributed by atoms with van der Waals surface area (Å²) in [6.07, 6.45) is -3.81. The van der Waals surface area contributed by atoms with E-state index in [0.29, 0.717) is 31.9 Å². The number of ether oxygens (including phenoxy) is 1. The highest BCUT2D eigenvalue weighted by Crippen LogP contribution is 2.32. The van der Waals surface area contributed by atoms with Gasteiger partial charge in [-0.2, -0.15) is 13.2 Å². The number of hydrogen-bond acceptors (Lipinski definition) is 3. The van der Waals surface area contributed by atoms with Gasteiger partial charge in [-0.25, -0.2) is 0 Å². The van der Waals surface area contributed by atoms with Crippen LogP contribution in [0.15, 0.2) is 18.2 Å². The lowest BCUT2D eigenvalue weighted by atomic mass is 10.1. The van der Waals surface area contributed by atoms with Crippen LogP contribution < -0.4 is 10.6 Å². The number of halogens is 3. The quantitative estimate of drug-likeness (QED) is 0.899. The molecule has 0 bridgehead atoms. The molecule has 0 aliphatic carbocycles. The zero-order chi connectivity index (χ0) is 15.5. The van der Waals surface area contributed by atoms with Crippen molar-refractivity contribution in [2.24, 2.45) is 0 Å². The van der Waals surface area contributed by atoms with Crippen LogP contribution in [-0.2, 0) is 10.9 Å². The topological polar surface area (TPSA) is 50.4 Å². The van der Waals surface area contributed by atoms with Gasteiger partial charge in [0.1, 0.15) is 0 Å². The van der Waals surface area contributed by atoms with Crippen LogP contribution in [0.2, 0.25) is 0 Å². The molecule has 0 radical (unpaired) electrons. The molecule has 7 heteroatoms. The van der Waals surface area contributed by atoms with Crippen molar-refractivity contribution in [3.05, 3.63) is 29.3 Å². The maximum Gasteiger partial charge on any atom is 0.416 e. The number of rotatable bonds is 4. The van der Waals surface area contributed by atoms with Crippen molar-refractivity contribution in [3.8, 4) is 0 Å². The Kier molecular flexibility index (Phi) is 4.72. The summed E-state index contributed by atoms with van der Waals surface area (Å²) in [7, 11) is 0. The first kappa shape index (κ1) is 15.6. The normalized spacial score (nSPS) is 18.6. The maximum atomic E-state index is 12.8. The molecular formula is C14H17F3N2O2. The van der Waals surface area contributed by atoms with E-state index in [-0.39, 0.29) is 11.6 Å². The van der Waals surface area contributed by atoms with Crippen LogP contribution in [0, 0.1) is 0 Å². The van der Waals surface area contributed by atoms with E-state index in [9.17, 15) is 18.0 Å². The molecule has 116 valence electrons. The molecule has 1 fully saturated rings. The van der Waals surface area contributed by atoms with E-state index in [2.05, 4.69) is 10.6 Å². The largest absolute Gasteiger partial charge is 0.416 e. The lowest BCUT2D eigenvalue weighted by molar-refractivity contribution is -0.137. The SMILES string of the molecule is CCNc1ccc(C(F)(F)F)cc1C(=O)NC1CCOC1. The van der Waals surface area contributed by atoms with Crippen molar-refractivity contribution in [3.63, 3.8) is 0 Å². The molecule has 0 spiro atoms. The molecular weight excluding hydrogens is 285 g/mol. The summed E-state index contributed by atoms with van der Waals surface area (Å²) in [5, 5.41) is 5.60. The van der Waals surface area contributed by atoms with Crippen LogP contribution in [0.1, 0.15) is 29.3 Å². The minimum Gasteiger partial charge on any atom is -0.385 e. The van der Waals surface area contributed by atoms with E-state index in [1.165, 1.54) is 6.07 Å². The number of hydrogen-bond donors (Lipinski definition) is 2. The summed E-state index contributed by atoms with van der Waals surface area (Å²) in [6.45, 7) is 3.26. The Labute approximate surface area is 120 Å². The van der Waals surface area contributed by atoms with Gasteiger partial charge in [0, 0.05) is 18.8 Å². The fraction of sp³-hybridized carbons (Fsp3) is 0.500. The Hall–Kier alpha value is -1.76. The van der Waals surface area contributed by atoms with E-state index in [1.54, 1.807) is 0 Å². The fourth-order valence-electron chi connectivity index (χ4n) is 2.16. The third-order valence-corrected chi connectivity index (χ3v) is 3.22. The van der Waals surface area contributed by atoms with Gasteiger partial charge in [0.2, 0.25) is 0 Å². The first-order valence-electron chi connectivity index (χ1n) is 6.75. The molecule has 1 amide bonds. The van der Waals surface area contributed by atoms with Crippen LogP contribution in [0.3, 0.4) is 0 Å². The molecule has 1 heterocycles. The lowest BCUT2D eigenvalue weighted by Crippen LogP contribution is -2.35. The second-order valence-electron chi connectivity index (χ2n) is 4.82. The monoisotopic (exact) mass is 302 g/mol. The van der Waals surface area contributed by atoms with E-state index in [4.69, 9.17) is 4.74 Å². The van der Waals surface area contributed by atoms with Crippen molar-refractivity contribution in [2.45, 2.75) is 25.6 Å². The summed E-state index contributed by atoms with van der Waals surface area (Å²) >= 11 is 0. The van der Waals surface area contributed by atoms with Crippen molar-refractivity contribution >= 4 is 11.6 Å². The van der Waals surface area contributed by atoms with E-state index in [0.717, 1.165) is 12.1 Å². The standard InChI is InChI=1S/C14H17F3N2O2/c1-2-18-12-4-3-9(14(15,16)17)7-11(12)13(20)19-10-5-6-21-8-10/h3-4,7,10,18H,2,5-6,8H2,1H3,(H,19,20). The molecule has 1 aromatic carbocycles. The molecule has 4 nitrogen and oxygen atoms in total. The summed E-state index contributed by atoms with van der Waals surface area (Å²) in [5.74, 6) is -0.521. The molecule has 1 saturated heterocycles. The molecule has 21 heavy (non-hydrogen) atoms. The van der Waals surface area contributed by atoms with Gasteiger partial charge in [-0.05, 0) is 31.5 Å². The molecule has 0 saturated carbocycles. The number of amides is 1. The molecule has 1 aliphatic rings. The summed E-state index contributed by atoms with van der Waals surface area (Å²) < 4.78 is 43.5. The number of carbonyl (C=O) groups excluding carboxylic acids is 1. The summed E-state index contributed by atoms with van der Waals surface area (Å²) in [5.41, 5.74) is -0.447. The van der Waals surface area contributed by atoms with Gasteiger partial charge < -0.3 is 15.4 Å². The Morgan fingerprint density at radius 1 is 1.43 bits per heavy atom. The zero-order valence-corrected chi connectivity index (χ0v) is 11.6. The number of alkyl halides is 3. The highest BCUT2D eigenvalue weighted by atomic mass is 19.4. The fourth-order valence-corrected chi connectivity index (χ4v) is 2.16. The van der Waals surface area contributed by atoms with E-state index >= 15 is 0 Å². The molecule has 0 aromatic heterocycles. The molecule has 1 unspecified atom stereocenters. The molecule has 1 atom stereocenters. The average Bonchev–Trinajstić information content (AvgIpc) is 2.91. The van der Waals surface area contributed by atoms with Crippen molar-refractivity contribution in [2.75, 3.05) is 25.1 Å². The predicted molar refractivity (Wildman–Crippen MR) is 72.3 cm³/mol. The van der Waals surface area contributed by atoms with Gasteiger partial charge in [0.25, 0.3) is 5.91 Å². The van der Waals surface area contributed by atoms with Crippen molar-refractivity contribution in [1.29, 1.82) is 0 Å². The van der Waals surface area contributed by atoms with Gasteiger partial charge in [0.05, 0.1) is 23.8 Å². The van der Waals surface area contributed by atoms with Gasteiger partial charge in [0.15, 0.2) is 0 Å². The number of nitrogens with one attached hydrogen (secondary N) is 2. The van der Waals surface area contributed by atoms with E-state index < -0.39 is 17.6 Å². The Balaban J connectivity index is 2.26. The predicted octanol–water partition coefficient (Wildman–Crippen LogP) is 2.66. The Bertz CT molecular complexity index is 511. The van der Waals surface area contributed by atoms with Gasteiger partial charge in [-0.15, -0.1) is 0 Å². The minimum atomic E-state index is -4.48. The molecule has 1 aliphatic heterocycles. The number of carbonyl (C=O) groups is 1. The first-order chi connectivity index (χ1) is 9.91. The zero-order valence-electron chi connectivity index (χ0n) is 11.6. The van der Waals surface area contributed by atoms with Gasteiger partial charge >= 0.3 is 6.18 Å². The van der Waals surface area contributed by atoms with E-state index in [1.807, 2.05) is 6.92 Å². The molecule has 1 aromatic rings. The Morgan fingerprint density at radius 3 is 2.76 bits per heavy atom. The van der Waals surface area contributed by atoms with Crippen molar-refractivity contribution < 1.29 is 22.7 Å². The number of benzene rings is 1. The average molecular weight is 302 g/mol. The highest BCUT2D eigenvalue weighted by molar-refractivity contribution is 6.00. The second kappa shape index (κ2) is 6.34. The summed E-state index contributed by atoms with van der Waals surface area (Å²) in [4.78, 5) is 12.2. The number of anilines is 1. The maximum absolute atomic E-state index is 12.8. The van der Waals surface area contributed by atoms with Gasteiger partial charge in [-0.1, -0.05) is 0 Å². The van der Waals surface area contributed by atoms with Crippen LogP contribution in [0.25, 0.3) is 0 Å². The summed E-state index contributed by atoms with van der Waals surface area (Å²) in [6, 6.07) is 2.98. The lowest BCUT2D eigenvalue weighted by Gasteiger charge is -2.16. The molecule has 2 rings (SSSR count). The van der Waals surface area contributed by atoms with Crippen LogP contribution in [0.5, 0.6) is 0 Å². The smallest absolute Gasteiger partial charge is 0.385 e. The highest BCUT2D eigenvalue weighted by Gasteiger charge is 2.32. The third-order valence-electron chi connectivity index (χ3n) is 3.22. The third kappa shape index (κ3) is 3.87. The van der Waals surface area contributed by atoms with Crippen molar-refractivity contribution in [1.82, 2.24) is 5.32 Å². The minimum absolute atomic E-state index is 0.00132. The van der Waals surface area contributed by atoms with Gasteiger partial charge in [-0.3, -0.25) is 4.79 Å². The van der Waals surface area contributed by atoms with Crippen LogP contribution in [0.4, 0.5) is 18.9 Å². The van der Waals surface area contributed by atoms with Crippen LogP contribution in [-0.4, -0.2) is 31.7 Å². The Morgan fingerprint density at radius 2 is 2.19 bits per heavy atom. The first-order valence-corrected chi connectivity index (χ1v) is 6.75. The second-order valence-corrected chi connectivity index (χ2v) is 4.82.